The second-order valence-electron chi connectivity index (χ2n) is 11.8. The zero-order valence-corrected chi connectivity index (χ0v) is 31.0. The fourth-order valence-electron chi connectivity index (χ4n) is 4.96. The van der Waals surface area contributed by atoms with Crippen LogP contribution in [0.4, 0.5) is 0 Å². The fourth-order valence-corrected chi connectivity index (χ4v) is 7.97. The van der Waals surface area contributed by atoms with Crippen molar-refractivity contribution in [3.63, 3.8) is 0 Å². The summed E-state index contributed by atoms with van der Waals surface area (Å²) in [6.45, 7) is 10.4. The minimum Gasteiger partial charge on any atom is -0.436 e. The van der Waals surface area contributed by atoms with Crippen LogP contribution in [0.15, 0.2) is 0 Å². The number of hydrogen-bond acceptors (Lipinski definition) is 19. The van der Waals surface area contributed by atoms with E-state index >= 15 is 0 Å². The molecule has 294 valence electrons. The normalized spacial score (nSPS) is 34.0. The highest BCUT2D eigenvalue weighted by molar-refractivity contribution is 7.53. The van der Waals surface area contributed by atoms with Crippen molar-refractivity contribution in [3.05, 3.63) is 0 Å². The maximum atomic E-state index is 13.1. The Morgan fingerprint density at radius 3 is 1.24 bits per heavy atom. The average molecular weight is 771 g/mol. The second kappa shape index (κ2) is 20.6. The summed E-state index contributed by atoms with van der Waals surface area (Å²) in [6, 6.07) is 0. The molecule has 0 aromatic rings. The summed E-state index contributed by atoms with van der Waals surface area (Å²) in [5.41, 5.74) is 0. The van der Waals surface area contributed by atoms with Crippen molar-refractivity contribution >= 4 is 33.1 Å². The van der Waals surface area contributed by atoms with Gasteiger partial charge in [-0.2, -0.15) is 0 Å². The molecule has 2 fully saturated rings. The van der Waals surface area contributed by atoms with E-state index in [2.05, 4.69) is 4.74 Å². The van der Waals surface area contributed by atoms with Gasteiger partial charge < -0.3 is 59.2 Å². The summed E-state index contributed by atoms with van der Waals surface area (Å²) in [5, 5.41) is 58.7. The van der Waals surface area contributed by atoms with E-state index in [1.54, 1.807) is 0 Å². The van der Waals surface area contributed by atoms with Crippen molar-refractivity contribution in [3.8, 4) is 0 Å². The van der Waals surface area contributed by atoms with Gasteiger partial charge in [-0.25, -0.2) is 0 Å². The SMILES string of the molecule is CC(=O)OC(C)OP(=O)(CC[C@H]1O[C@H](C)[C@@H](O)[C@@H](O)[C@@H]1O)OC(C)OC(C)=O.CC(=O)OC(C)OP(=O)(O)CC[C@H]1O[C@H](C)[C@@H](O)[C@@H](O)[C@@H]1O. The number of rotatable bonds is 15. The third kappa shape index (κ3) is 16.0. The van der Waals surface area contributed by atoms with Crippen LogP contribution in [0.3, 0.4) is 0 Å². The minimum absolute atomic E-state index is 0.0736. The molecule has 2 aliphatic heterocycles. The van der Waals surface area contributed by atoms with E-state index in [1.807, 2.05) is 0 Å². The van der Waals surface area contributed by atoms with Gasteiger partial charge in [0, 0.05) is 20.8 Å². The zero-order chi connectivity index (χ0) is 38.7. The Labute approximate surface area is 289 Å². The van der Waals surface area contributed by atoms with Crippen molar-refractivity contribution in [2.24, 2.45) is 0 Å². The Morgan fingerprint density at radius 1 is 0.580 bits per heavy atom. The average Bonchev–Trinajstić information content (AvgIpc) is 2.95. The van der Waals surface area contributed by atoms with Crippen molar-refractivity contribution in [2.45, 2.75) is 148 Å². The number of esters is 3. The zero-order valence-electron chi connectivity index (χ0n) is 29.2. The molecule has 0 bridgehead atoms. The highest BCUT2D eigenvalue weighted by Gasteiger charge is 2.44. The van der Waals surface area contributed by atoms with Crippen LogP contribution < -0.4 is 0 Å². The van der Waals surface area contributed by atoms with Gasteiger partial charge in [0.15, 0.2) is 0 Å². The molecule has 0 saturated carbocycles. The Hall–Kier alpha value is -1.61. The van der Waals surface area contributed by atoms with Crippen LogP contribution in [0.25, 0.3) is 0 Å². The largest absolute Gasteiger partial charge is 0.436 e. The maximum absolute atomic E-state index is 13.1. The second-order valence-corrected chi connectivity index (χ2v) is 15.8. The molecule has 20 nitrogen and oxygen atoms in total. The molecule has 7 N–H and O–H groups in total. The third-order valence-electron chi connectivity index (χ3n) is 7.21. The first-order chi connectivity index (χ1) is 22.9. The quantitative estimate of drug-likeness (QED) is 0.0484. The van der Waals surface area contributed by atoms with Crippen molar-refractivity contribution < 1.29 is 96.3 Å². The molecule has 50 heavy (non-hydrogen) atoms. The van der Waals surface area contributed by atoms with Crippen LogP contribution in [0.5, 0.6) is 0 Å². The lowest BCUT2D eigenvalue weighted by molar-refractivity contribution is -0.217. The van der Waals surface area contributed by atoms with Gasteiger partial charge in [0.25, 0.3) is 0 Å². The van der Waals surface area contributed by atoms with Crippen LogP contribution in [0.2, 0.25) is 0 Å². The molecule has 2 heterocycles. The van der Waals surface area contributed by atoms with Crippen LogP contribution in [0, 0.1) is 0 Å². The van der Waals surface area contributed by atoms with Gasteiger partial charge in [0.05, 0.1) is 36.7 Å². The van der Waals surface area contributed by atoms with Crippen LogP contribution in [0.1, 0.15) is 68.2 Å². The third-order valence-corrected chi connectivity index (χ3v) is 10.7. The van der Waals surface area contributed by atoms with Gasteiger partial charge in [-0.05, 0) is 47.5 Å². The van der Waals surface area contributed by atoms with Crippen molar-refractivity contribution in [1.29, 1.82) is 0 Å². The van der Waals surface area contributed by atoms with E-state index in [0.717, 1.165) is 20.8 Å². The molecule has 0 aliphatic carbocycles. The number of carbonyl (C=O) groups is 3. The number of aliphatic hydroxyl groups is 6. The standard InChI is InChI=1S/C16H29O11P.C12H23O9P/c1-8-14(19)16(21)15(20)13(23-8)6-7-28(22,26-11(4)24-9(2)17)27-12(5)25-10(3)18;1-6-10(14)12(16)11(15)9(19-6)4-5-22(17,18)21-8(3)20-7(2)13/h8,11-16,19-21H,6-7H2,1-5H3;6,8-12,14-16H,4-5H2,1-3H3,(H,17,18)/t8-,11?,12?,13-,14-,15-,16-,28?;6-,8?,9-,10-,11-,12-/m11/s1. The highest BCUT2D eigenvalue weighted by atomic mass is 31.2. The molecule has 0 aromatic heterocycles. The number of carbonyl (C=O) groups excluding carboxylic acids is 3. The van der Waals surface area contributed by atoms with Crippen LogP contribution in [-0.4, -0.2) is 146 Å². The summed E-state index contributed by atoms with van der Waals surface area (Å²) in [6.07, 6.45) is -15.9. The minimum atomic E-state index is -4.07. The molecule has 22 heteroatoms. The summed E-state index contributed by atoms with van der Waals surface area (Å²) < 4.78 is 65.2. The fraction of sp³-hybridized carbons (Fsp3) is 0.893. The first-order valence-corrected chi connectivity index (χ1v) is 19.2. The topological polar surface area (TPSA) is 301 Å². The predicted molar refractivity (Wildman–Crippen MR) is 168 cm³/mol. The number of aliphatic hydroxyl groups excluding tert-OH is 6. The summed E-state index contributed by atoms with van der Waals surface area (Å²) in [7, 11) is -8.05. The maximum Gasteiger partial charge on any atom is 0.336 e. The molecular weight excluding hydrogens is 718 g/mol. The molecule has 0 aromatic carbocycles. The van der Waals surface area contributed by atoms with E-state index in [-0.39, 0.29) is 25.2 Å². The Balaban J connectivity index is 0.000000515. The summed E-state index contributed by atoms with van der Waals surface area (Å²) in [5.74, 6) is -1.97. The van der Waals surface area contributed by atoms with Crippen molar-refractivity contribution in [1.82, 2.24) is 0 Å². The molecule has 0 spiro atoms. The summed E-state index contributed by atoms with van der Waals surface area (Å²) >= 11 is 0. The molecule has 0 radical (unpaired) electrons. The van der Waals surface area contributed by atoms with Crippen LogP contribution >= 0.6 is 15.2 Å². The molecule has 2 aliphatic rings. The molecule has 2 rings (SSSR count). The molecule has 14 atom stereocenters. The number of ether oxygens (including phenoxy) is 5. The lowest BCUT2D eigenvalue weighted by Gasteiger charge is -2.39. The molecule has 4 unspecified atom stereocenters. The lowest BCUT2D eigenvalue weighted by atomic mass is 9.94. The molecule has 2 saturated heterocycles. The van der Waals surface area contributed by atoms with E-state index in [0.29, 0.717) is 0 Å². The highest BCUT2D eigenvalue weighted by Crippen LogP contribution is 2.52. The van der Waals surface area contributed by atoms with Gasteiger partial charge in [0.1, 0.15) is 36.6 Å². The predicted octanol–water partition coefficient (Wildman–Crippen LogP) is -0.351. The Kier molecular flexibility index (Phi) is 19.1. The molecule has 0 amide bonds. The first-order valence-electron chi connectivity index (χ1n) is 15.7. The van der Waals surface area contributed by atoms with Gasteiger partial charge in [0.2, 0.25) is 18.9 Å². The van der Waals surface area contributed by atoms with E-state index < -0.39 is 113 Å². The lowest BCUT2D eigenvalue weighted by Crippen LogP contribution is -2.56. The monoisotopic (exact) mass is 770 g/mol. The Morgan fingerprint density at radius 2 is 0.900 bits per heavy atom. The van der Waals surface area contributed by atoms with E-state index in [9.17, 15) is 59.0 Å². The molecular formula is C28H52O20P2. The van der Waals surface area contributed by atoms with E-state index in [1.165, 1.54) is 34.6 Å². The van der Waals surface area contributed by atoms with E-state index in [4.69, 9.17) is 32.5 Å². The van der Waals surface area contributed by atoms with Gasteiger partial charge in [-0.15, -0.1) is 0 Å². The van der Waals surface area contributed by atoms with Crippen molar-refractivity contribution in [2.75, 3.05) is 12.3 Å². The van der Waals surface area contributed by atoms with Gasteiger partial charge in [-0.3, -0.25) is 37.1 Å². The number of hydrogen-bond donors (Lipinski definition) is 7. The Bertz CT molecular complexity index is 1160. The van der Waals surface area contributed by atoms with Gasteiger partial charge in [-0.1, -0.05) is 0 Å². The van der Waals surface area contributed by atoms with Crippen LogP contribution in [-0.2, 0) is 60.8 Å². The summed E-state index contributed by atoms with van der Waals surface area (Å²) in [4.78, 5) is 42.5. The van der Waals surface area contributed by atoms with Gasteiger partial charge >= 0.3 is 33.1 Å². The smallest absolute Gasteiger partial charge is 0.336 e. The first kappa shape index (κ1) is 46.4.